The smallest absolute Gasteiger partial charge is 0.477 e. The van der Waals surface area contributed by atoms with Crippen LogP contribution in [-0.2, 0) is 24.9 Å². The Morgan fingerprint density at radius 3 is 2.25 bits per heavy atom. The fourth-order valence-electron chi connectivity index (χ4n) is 3.30. The Labute approximate surface area is 241 Å². The van der Waals surface area contributed by atoms with Gasteiger partial charge in [-0.1, -0.05) is 11.6 Å². The summed E-state index contributed by atoms with van der Waals surface area (Å²) in [5.41, 5.74) is 0.231. The van der Waals surface area contributed by atoms with Crippen molar-refractivity contribution in [2.45, 2.75) is 66.4 Å². The molecule has 3 heterocycles. The molecule has 0 aliphatic heterocycles. The van der Waals surface area contributed by atoms with Crippen LogP contribution in [0.1, 0.15) is 57.6 Å². The minimum Gasteiger partial charge on any atom is -0.494 e. The third-order valence-corrected chi connectivity index (χ3v) is 7.79. The maximum Gasteiger partial charge on any atom is 0.477 e. The van der Waals surface area contributed by atoms with Gasteiger partial charge in [0.2, 0.25) is 4.80 Å². The normalized spacial score (nSPS) is 13.0. The number of amides is 1. The van der Waals surface area contributed by atoms with E-state index in [0.29, 0.717) is 22.6 Å². The SMILES string of the molecule is COc1nn(COP(=O)(OC(C)(C)C)OC(C)(C)C)/c(=N/C(=O)c2cnc(C)cc2-c2cc(Cl)ncc2OC)s1. The number of nitrogens with zero attached hydrogens (tertiary/aromatic N) is 5. The molecule has 0 unspecified atom stereocenters. The number of aryl methyl sites for hydroxylation is 1. The van der Waals surface area contributed by atoms with Gasteiger partial charge in [-0.2, -0.15) is 4.99 Å². The summed E-state index contributed by atoms with van der Waals surface area (Å²) < 4.78 is 42.4. The second-order valence-electron chi connectivity index (χ2n) is 10.5. The first kappa shape index (κ1) is 31.9. The number of carbonyl (C=O) groups excluding carboxylic acids is 1. The van der Waals surface area contributed by atoms with Gasteiger partial charge in [0.05, 0.1) is 37.2 Å². The summed E-state index contributed by atoms with van der Waals surface area (Å²) in [5.74, 6) is -0.210. The lowest BCUT2D eigenvalue weighted by atomic mass is 10.0. The predicted octanol–water partition coefficient (Wildman–Crippen LogP) is 5.83. The van der Waals surface area contributed by atoms with E-state index in [1.807, 2.05) is 0 Å². The summed E-state index contributed by atoms with van der Waals surface area (Å²) >= 11 is 7.13. The molecule has 0 aliphatic rings. The van der Waals surface area contributed by atoms with Crippen molar-refractivity contribution in [2.24, 2.45) is 4.99 Å². The van der Waals surface area contributed by atoms with Gasteiger partial charge in [-0.3, -0.25) is 23.3 Å². The van der Waals surface area contributed by atoms with Gasteiger partial charge in [-0.25, -0.2) is 14.2 Å². The van der Waals surface area contributed by atoms with Gasteiger partial charge in [0.15, 0.2) is 6.73 Å². The van der Waals surface area contributed by atoms with Crippen LogP contribution < -0.4 is 14.3 Å². The van der Waals surface area contributed by atoms with E-state index >= 15 is 0 Å². The van der Waals surface area contributed by atoms with E-state index in [-0.39, 0.29) is 20.7 Å². The molecule has 0 spiro atoms. The minimum absolute atomic E-state index is 0.117. The van der Waals surface area contributed by atoms with E-state index in [9.17, 15) is 9.36 Å². The zero-order valence-corrected chi connectivity index (χ0v) is 26.3. The van der Waals surface area contributed by atoms with Crippen molar-refractivity contribution in [2.75, 3.05) is 14.2 Å². The van der Waals surface area contributed by atoms with Gasteiger partial charge in [-0.15, -0.1) is 5.10 Å². The molecule has 0 bridgehead atoms. The number of halogens is 1. The topological polar surface area (TPSA) is 136 Å². The molecule has 218 valence electrons. The number of phosphoric ester groups is 1. The Morgan fingerprint density at radius 1 is 1.02 bits per heavy atom. The molecule has 12 nitrogen and oxygen atoms in total. The van der Waals surface area contributed by atoms with E-state index in [0.717, 1.165) is 11.3 Å². The number of hydrogen-bond donors (Lipinski definition) is 0. The molecule has 3 rings (SSSR count). The number of methoxy groups -OCH3 is 2. The molecule has 0 saturated carbocycles. The lowest BCUT2D eigenvalue weighted by molar-refractivity contribution is -0.00810. The summed E-state index contributed by atoms with van der Waals surface area (Å²) in [6, 6.07) is 3.32. The predicted molar refractivity (Wildman–Crippen MR) is 151 cm³/mol. The highest BCUT2D eigenvalue weighted by Crippen LogP contribution is 2.55. The van der Waals surface area contributed by atoms with Crippen LogP contribution in [0.5, 0.6) is 10.9 Å². The number of phosphoric acid groups is 1. The van der Waals surface area contributed by atoms with Crippen molar-refractivity contribution in [3.8, 4) is 22.1 Å². The molecule has 3 aromatic rings. The van der Waals surface area contributed by atoms with Gasteiger partial charge in [0, 0.05) is 23.0 Å². The van der Waals surface area contributed by atoms with Crippen LogP contribution >= 0.6 is 30.8 Å². The highest BCUT2D eigenvalue weighted by atomic mass is 35.5. The quantitative estimate of drug-likeness (QED) is 0.214. The fraction of sp³-hybridized carbons (Fsp3) is 0.480. The summed E-state index contributed by atoms with van der Waals surface area (Å²) in [6.07, 6.45) is 2.89. The Morgan fingerprint density at radius 2 is 1.68 bits per heavy atom. The summed E-state index contributed by atoms with van der Waals surface area (Å²) in [7, 11) is -1.16. The molecule has 15 heteroatoms. The maximum absolute atomic E-state index is 13.5. The van der Waals surface area contributed by atoms with Crippen molar-refractivity contribution in [1.82, 2.24) is 19.7 Å². The molecule has 3 aromatic heterocycles. The second-order valence-corrected chi connectivity index (χ2v) is 13.3. The Bertz CT molecular complexity index is 1470. The largest absolute Gasteiger partial charge is 0.494 e. The Kier molecular flexibility index (Phi) is 9.92. The van der Waals surface area contributed by atoms with Gasteiger partial charge in [0.1, 0.15) is 10.9 Å². The summed E-state index contributed by atoms with van der Waals surface area (Å²) in [5, 5.41) is 4.68. The van der Waals surface area contributed by atoms with E-state index in [1.54, 1.807) is 60.6 Å². The molecule has 0 aliphatic carbocycles. The highest BCUT2D eigenvalue weighted by molar-refractivity contribution is 7.48. The van der Waals surface area contributed by atoms with Crippen molar-refractivity contribution < 1.29 is 32.4 Å². The van der Waals surface area contributed by atoms with Gasteiger partial charge >= 0.3 is 7.82 Å². The highest BCUT2D eigenvalue weighted by Gasteiger charge is 2.37. The lowest BCUT2D eigenvalue weighted by Gasteiger charge is -2.30. The van der Waals surface area contributed by atoms with Crippen LogP contribution in [0, 0.1) is 6.92 Å². The van der Waals surface area contributed by atoms with Crippen molar-refractivity contribution >= 4 is 36.7 Å². The zero-order valence-electron chi connectivity index (χ0n) is 23.8. The van der Waals surface area contributed by atoms with E-state index < -0.39 is 31.7 Å². The van der Waals surface area contributed by atoms with Gasteiger partial charge < -0.3 is 9.47 Å². The molecule has 0 saturated heterocycles. The molecule has 1 amide bonds. The number of aromatic nitrogens is 4. The second kappa shape index (κ2) is 12.5. The number of pyridine rings is 2. The first-order valence-corrected chi connectivity index (χ1v) is 14.7. The van der Waals surface area contributed by atoms with Crippen molar-refractivity contribution in [3.05, 3.63) is 45.7 Å². The standard InChI is InChI=1S/C25H33ClN5O7PS/c1-15-10-16(17-11-20(26)28-13-19(17)34-8)18(12-27-15)21(32)29-22-31(30-23(35-9)40-22)14-36-39(33,37-24(2,3)4)38-25(5,6)7/h10-13H,14H2,1-9H3/b29-22-. The van der Waals surface area contributed by atoms with Crippen molar-refractivity contribution in [1.29, 1.82) is 0 Å². The molecular formula is C25H33ClN5O7PS. The molecule has 0 N–H and O–H groups in total. The van der Waals surface area contributed by atoms with Crippen LogP contribution in [0.2, 0.25) is 5.15 Å². The van der Waals surface area contributed by atoms with Crippen LogP contribution in [0.25, 0.3) is 11.1 Å². The summed E-state index contributed by atoms with van der Waals surface area (Å²) in [4.78, 5) is 26.2. The number of rotatable bonds is 9. The number of ether oxygens (including phenoxy) is 2. The number of hydrogen-bond acceptors (Lipinski definition) is 11. The maximum atomic E-state index is 13.5. The molecular weight excluding hydrogens is 581 g/mol. The first-order valence-electron chi connectivity index (χ1n) is 12.1. The monoisotopic (exact) mass is 613 g/mol. The molecule has 0 atom stereocenters. The van der Waals surface area contributed by atoms with Crippen LogP contribution in [-0.4, -0.2) is 51.1 Å². The Hall–Kier alpha value is -2.67. The molecule has 0 radical (unpaired) electrons. The molecule has 40 heavy (non-hydrogen) atoms. The lowest BCUT2D eigenvalue weighted by Crippen LogP contribution is -2.26. The average molecular weight is 614 g/mol. The first-order chi connectivity index (χ1) is 18.5. The summed E-state index contributed by atoms with van der Waals surface area (Å²) in [6.45, 7) is 11.8. The third kappa shape index (κ3) is 8.66. The van der Waals surface area contributed by atoms with Gasteiger partial charge in [-0.05, 0) is 71.9 Å². The average Bonchev–Trinajstić information content (AvgIpc) is 3.22. The molecule has 0 aromatic carbocycles. The Balaban J connectivity index is 2.04. The zero-order chi connectivity index (χ0) is 29.9. The van der Waals surface area contributed by atoms with E-state index in [2.05, 4.69) is 20.1 Å². The van der Waals surface area contributed by atoms with Gasteiger partial charge in [0.25, 0.3) is 11.1 Å². The molecule has 0 fully saturated rings. The van der Waals surface area contributed by atoms with E-state index in [1.165, 1.54) is 31.3 Å². The van der Waals surface area contributed by atoms with Crippen molar-refractivity contribution in [3.63, 3.8) is 0 Å². The fourth-order valence-corrected chi connectivity index (χ4v) is 5.90. The van der Waals surface area contributed by atoms with Crippen LogP contribution in [0.4, 0.5) is 0 Å². The minimum atomic E-state index is -4.07. The van der Waals surface area contributed by atoms with Crippen LogP contribution in [0.3, 0.4) is 0 Å². The third-order valence-electron chi connectivity index (χ3n) is 4.70. The van der Waals surface area contributed by atoms with Crippen LogP contribution in [0.15, 0.2) is 29.5 Å². The van der Waals surface area contributed by atoms with E-state index in [4.69, 9.17) is 34.6 Å². The number of carbonyl (C=O) groups is 1.